The number of rotatable bonds is 5. The fourth-order valence-corrected chi connectivity index (χ4v) is 3.59. The van der Waals surface area contributed by atoms with E-state index in [2.05, 4.69) is 10.6 Å². The Morgan fingerprint density at radius 2 is 2.04 bits per heavy atom. The van der Waals surface area contributed by atoms with E-state index < -0.39 is 0 Å². The van der Waals surface area contributed by atoms with Gasteiger partial charge in [-0.25, -0.2) is 4.39 Å². The number of thiophene rings is 1. The summed E-state index contributed by atoms with van der Waals surface area (Å²) in [5.74, 6) is 0.405. The highest BCUT2D eigenvalue weighted by Gasteiger charge is 2.15. The van der Waals surface area contributed by atoms with Gasteiger partial charge in [-0.2, -0.15) is 0 Å². The van der Waals surface area contributed by atoms with Gasteiger partial charge in [-0.1, -0.05) is 12.1 Å². The molecule has 3 rings (SSSR count). The minimum Gasteiger partial charge on any atom is -0.351 e. The first-order valence-corrected chi connectivity index (χ1v) is 8.39. The van der Waals surface area contributed by atoms with Crippen molar-refractivity contribution in [1.29, 1.82) is 0 Å². The number of amides is 1. The molecule has 6 heteroatoms. The maximum absolute atomic E-state index is 12.9. The highest BCUT2D eigenvalue weighted by Crippen LogP contribution is 2.28. The van der Waals surface area contributed by atoms with Crippen LogP contribution in [0.5, 0.6) is 0 Å². The lowest BCUT2D eigenvalue weighted by Crippen LogP contribution is -2.25. The smallest absolute Gasteiger partial charge is 0.261 e. The number of carbonyl (C=O) groups is 1. The van der Waals surface area contributed by atoms with Crippen molar-refractivity contribution >= 4 is 29.7 Å². The molecule has 2 heterocycles. The fraction of sp³-hybridized carbons (Fsp3) is 0.353. The predicted molar refractivity (Wildman–Crippen MR) is 94.9 cm³/mol. The third-order valence-electron chi connectivity index (χ3n) is 3.96. The van der Waals surface area contributed by atoms with E-state index in [9.17, 15) is 9.18 Å². The lowest BCUT2D eigenvalue weighted by atomic mass is 10.1. The molecular formula is C17H20ClFN2OS. The highest BCUT2D eigenvalue weighted by atomic mass is 35.5. The van der Waals surface area contributed by atoms with Crippen molar-refractivity contribution in [3.8, 4) is 10.4 Å². The lowest BCUT2D eigenvalue weighted by molar-refractivity contribution is 0.0955. The van der Waals surface area contributed by atoms with Gasteiger partial charge >= 0.3 is 0 Å². The number of carbonyl (C=O) groups excluding carboxylic acids is 1. The minimum atomic E-state index is -0.250. The van der Waals surface area contributed by atoms with Gasteiger partial charge in [0.25, 0.3) is 5.91 Å². The first-order chi connectivity index (χ1) is 10.7. The van der Waals surface area contributed by atoms with Crippen LogP contribution in [0.2, 0.25) is 0 Å². The van der Waals surface area contributed by atoms with Gasteiger partial charge < -0.3 is 10.6 Å². The maximum Gasteiger partial charge on any atom is 0.261 e. The summed E-state index contributed by atoms with van der Waals surface area (Å²) in [5, 5.41) is 6.31. The van der Waals surface area contributed by atoms with Crippen molar-refractivity contribution in [3.05, 3.63) is 47.1 Å². The van der Waals surface area contributed by atoms with Crippen LogP contribution in [0.25, 0.3) is 10.4 Å². The summed E-state index contributed by atoms with van der Waals surface area (Å²) in [6, 6.07) is 10.1. The maximum atomic E-state index is 12.9. The second-order valence-corrected chi connectivity index (χ2v) is 6.66. The zero-order valence-electron chi connectivity index (χ0n) is 12.7. The average molecular weight is 355 g/mol. The molecule has 1 aromatic heterocycles. The third kappa shape index (κ3) is 4.77. The number of hydrogen-bond acceptors (Lipinski definition) is 3. The molecule has 0 radical (unpaired) electrons. The third-order valence-corrected chi connectivity index (χ3v) is 5.09. The van der Waals surface area contributed by atoms with Crippen LogP contribution < -0.4 is 10.6 Å². The van der Waals surface area contributed by atoms with E-state index in [0.29, 0.717) is 10.8 Å². The summed E-state index contributed by atoms with van der Waals surface area (Å²) < 4.78 is 12.9. The predicted octanol–water partition coefficient (Wildman–Crippen LogP) is 3.71. The molecule has 0 aliphatic carbocycles. The van der Waals surface area contributed by atoms with Crippen molar-refractivity contribution in [1.82, 2.24) is 10.6 Å². The molecule has 1 amide bonds. The molecule has 1 aromatic carbocycles. The molecule has 2 aromatic rings. The zero-order valence-corrected chi connectivity index (χ0v) is 14.3. The number of benzene rings is 1. The normalized spacial score (nSPS) is 16.8. The summed E-state index contributed by atoms with van der Waals surface area (Å²) in [7, 11) is 0. The molecule has 2 N–H and O–H groups in total. The topological polar surface area (TPSA) is 41.1 Å². The van der Waals surface area contributed by atoms with E-state index in [-0.39, 0.29) is 24.1 Å². The minimum absolute atomic E-state index is 0. The van der Waals surface area contributed by atoms with Crippen LogP contribution in [0.15, 0.2) is 36.4 Å². The van der Waals surface area contributed by atoms with E-state index in [1.54, 1.807) is 12.1 Å². The van der Waals surface area contributed by atoms with Crippen LogP contribution in [0.1, 0.15) is 22.5 Å². The monoisotopic (exact) mass is 354 g/mol. The van der Waals surface area contributed by atoms with Gasteiger partial charge in [0, 0.05) is 11.4 Å². The number of halogens is 2. The van der Waals surface area contributed by atoms with Crippen LogP contribution in [0.3, 0.4) is 0 Å². The van der Waals surface area contributed by atoms with E-state index in [1.807, 2.05) is 12.1 Å². The lowest BCUT2D eigenvalue weighted by Gasteiger charge is -2.08. The molecule has 1 aliphatic rings. The first-order valence-electron chi connectivity index (χ1n) is 7.57. The van der Waals surface area contributed by atoms with Crippen LogP contribution in [0.4, 0.5) is 4.39 Å². The van der Waals surface area contributed by atoms with Crippen LogP contribution >= 0.6 is 23.7 Å². The van der Waals surface area contributed by atoms with E-state index in [0.717, 1.165) is 36.5 Å². The van der Waals surface area contributed by atoms with E-state index in [4.69, 9.17) is 0 Å². The Balaban J connectivity index is 0.00000192. The Morgan fingerprint density at radius 3 is 2.74 bits per heavy atom. The summed E-state index contributed by atoms with van der Waals surface area (Å²) in [4.78, 5) is 13.8. The molecule has 1 aliphatic heterocycles. The Hall–Kier alpha value is -1.43. The van der Waals surface area contributed by atoms with E-state index in [1.165, 1.54) is 29.9 Å². The fourth-order valence-electron chi connectivity index (χ4n) is 2.67. The largest absolute Gasteiger partial charge is 0.351 e. The van der Waals surface area contributed by atoms with Gasteiger partial charge in [-0.15, -0.1) is 23.7 Å². The standard InChI is InChI=1S/C17H19FN2OS.ClH/c18-14-3-1-13(2-4-14)15-5-6-16(22-15)17(21)20-10-8-12-7-9-19-11-12;/h1-6,12,19H,7-11H2,(H,20,21);1H. The molecule has 3 nitrogen and oxygen atoms in total. The van der Waals surface area contributed by atoms with Crippen molar-refractivity contribution in [2.75, 3.05) is 19.6 Å². The van der Waals surface area contributed by atoms with Gasteiger partial charge in [0.05, 0.1) is 4.88 Å². The second kappa shape index (κ2) is 8.43. The van der Waals surface area contributed by atoms with Crippen molar-refractivity contribution in [3.63, 3.8) is 0 Å². The molecule has 0 spiro atoms. The Kier molecular flexibility index (Phi) is 6.57. The van der Waals surface area contributed by atoms with Crippen molar-refractivity contribution in [2.24, 2.45) is 5.92 Å². The van der Waals surface area contributed by atoms with Gasteiger partial charge in [0.15, 0.2) is 0 Å². The zero-order chi connectivity index (χ0) is 15.4. The van der Waals surface area contributed by atoms with Gasteiger partial charge in [0.2, 0.25) is 0 Å². The summed E-state index contributed by atoms with van der Waals surface area (Å²) in [5.41, 5.74) is 0.933. The molecule has 1 unspecified atom stereocenters. The Morgan fingerprint density at radius 1 is 1.26 bits per heavy atom. The van der Waals surface area contributed by atoms with Gasteiger partial charge in [-0.3, -0.25) is 4.79 Å². The average Bonchev–Trinajstić information content (AvgIpc) is 3.19. The highest BCUT2D eigenvalue weighted by molar-refractivity contribution is 7.17. The Labute approximate surface area is 145 Å². The summed E-state index contributed by atoms with van der Waals surface area (Å²) in [6.45, 7) is 2.86. The molecule has 1 saturated heterocycles. The summed E-state index contributed by atoms with van der Waals surface area (Å²) >= 11 is 1.44. The van der Waals surface area contributed by atoms with Gasteiger partial charge in [-0.05, 0) is 61.7 Å². The first kappa shape index (κ1) is 17.9. The van der Waals surface area contributed by atoms with Crippen LogP contribution in [-0.4, -0.2) is 25.5 Å². The second-order valence-electron chi connectivity index (χ2n) is 5.57. The van der Waals surface area contributed by atoms with Crippen molar-refractivity contribution < 1.29 is 9.18 Å². The molecule has 23 heavy (non-hydrogen) atoms. The number of hydrogen-bond donors (Lipinski definition) is 2. The Bertz CT molecular complexity index is 638. The number of nitrogens with one attached hydrogen (secondary N) is 2. The van der Waals surface area contributed by atoms with Gasteiger partial charge in [0.1, 0.15) is 5.82 Å². The van der Waals surface area contributed by atoms with Crippen molar-refractivity contribution in [2.45, 2.75) is 12.8 Å². The van der Waals surface area contributed by atoms with Crippen LogP contribution in [0, 0.1) is 11.7 Å². The molecule has 1 atom stereocenters. The van der Waals surface area contributed by atoms with E-state index >= 15 is 0 Å². The molecule has 124 valence electrons. The molecule has 0 saturated carbocycles. The SMILES string of the molecule is Cl.O=C(NCCC1CCNC1)c1ccc(-c2ccc(F)cc2)s1. The quantitative estimate of drug-likeness (QED) is 0.859. The molecule has 1 fully saturated rings. The molecular weight excluding hydrogens is 335 g/mol. The van der Waals surface area contributed by atoms with Crippen LogP contribution in [-0.2, 0) is 0 Å². The molecule has 0 bridgehead atoms. The summed E-state index contributed by atoms with van der Waals surface area (Å²) in [6.07, 6.45) is 2.22.